The molecular formula is C11H13NO4S. The second-order valence-electron chi connectivity index (χ2n) is 4.44. The molecule has 0 saturated heterocycles. The van der Waals surface area contributed by atoms with Crippen LogP contribution in [-0.4, -0.2) is 31.7 Å². The van der Waals surface area contributed by atoms with Gasteiger partial charge in [0.25, 0.3) is 10.1 Å². The lowest BCUT2D eigenvalue weighted by atomic mass is 9.86. The molecule has 1 aromatic rings. The van der Waals surface area contributed by atoms with Crippen LogP contribution in [0.3, 0.4) is 0 Å². The van der Waals surface area contributed by atoms with Gasteiger partial charge in [-0.25, -0.2) is 0 Å². The van der Waals surface area contributed by atoms with Gasteiger partial charge in [-0.1, -0.05) is 18.2 Å². The molecule has 5 nitrogen and oxygen atoms in total. The van der Waals surface area contributed by atoms with E-state index < -0.39 is 21.3 Å². The van der Waals surface area contributed by atoms with Crippen molar-refractivity contribution < 1.29 is 17.8 Å². The minimum atomic E-state index is -4.21. The minimum Gasteiger partial charge on any atom is -0.314 e. The van der Waals surface area contributed by atoms with E-state index in [4.69, 9.17) is 4.55 Å². The molecule has 0 spiro atoms. The van der Waals surface area contributed by atoms with Gasteiger partial charge >= 0.3 is 0 Å². The summed E-state index contributed by atoms with van der Waals surface area (Å²) in [7, 11) is -2.62. The van der Waals surface area contributed by atoms with Crippen LogP contribution in [0, 0.1) is 0 Å². The number of carbonyl (C=O) groups is 1. The molecule has 0 radical (unpaired) electrons. The number of likely N-dealkylation sites (N-methyl/N-ethyl adjacent to an activating group) is 1. The number of fused-ring (bicyclic) bond motifs is 1. The minimum absolute atomic E-state index is 0.323. The fourth-order valence-corrected chi connectivity index (χ4v) is 3.34. The number of anilines is 1. The predicted octanol–water partition coefficient (Wildman–Crippen LogP) is 0.808. The summed E-state index contributed by atoms with van der Waals surface area (Å²) in [6, 6.07) is 6.99. The first-order valence-corrected chi connectivity index (χ1v) is 6.69. The number of carbonyl (C=O) groups excluding carboxylic acids is 1. The van der Waals surface area contributed by atoms with Crippen LogP contribution < -0.4 is 4.90 Å². The molecule has 1 aromatic carbocycles. The van der Waals surface area contributed by atoms with Gasteiger partial charge < -0.3 is 4.90 Å². The lowest BCUT2D eigenvalue weighted by Gasteiger charge is -2.21. The summed E-state index contributed by atoms with van der Waals surface area (Å²) in [6.45, 7) is 1.53. The summed E-state index contributed by atoms with van der Waals surface area (Å²) in [5, 5.41) is 0. The first kappa shape index (κ1) is 12.1. The lowest BCUT2D eigenvalue weighted by molar-refractivity contribution is -0.121. The van der Waals surface area contributed by atoms with Crippen molar-refractivity contribution in [2.75, 3.05) is 17.7 Å². The van der Waals surface area contributed by atoms with Crippen molar-refractivity contribution in [3.05, 3.63) is 29.8 Å². The summed E-state index contributed by atoms with van der Waals surface area (Å²) in [5.74, 6) is -0.920. The molecule has 1 unspecified atom stereocenters. The molecule has 17 heavy (non-hydrogen) atoms. The Balaban J connectivity index is 2.60. The predicted molar refractivity (Wildman–Crippen MR) is 63.6 cm³/mol. The highest BCUT2D eigenvalue weighted by atomic mass is 32.2. The molecule has 1 atom stereocenters. The van der Waals surface area contributed by atoms with Crippen LogP contribution in [-0.2, 0) is 20.3 Å². The maximum absolute atomic E-state index is 12.1. The smallest absolute Gasteiger partial charge is 0.266 e. The third-order valence-corrected chi connectivity index (χ3v) is 4.05. The topological polar surface area (TPSA) is 74.7 Å². The number of hydrogen-bond donors (Lipinski definition) is 1. The standard InChI is InChI=1S/C11H13NO4S/c1-11(7-17(14,15)16)8-5-3-4-6-9(8)12(2)10(11)13/h3-6H,7H2,1-2H3,(H,14,15,16). The second-order valence-corrected chi connectivity index (χ2v) is 5.89. The van der Waals surface area contributed by atoms with Crippen molar-refractivity contribution >= 4 is 21.7 Å². The Kier molecular flexibility index (Phi) is 2.52. The molecule has 1 aliphatic heterocycles. The van der Waals surface area contributed by atoms with Crippen LogP contribution in [0.4, 0.5) is 5.69 Å². The maximum atomic E-state index is 12.1. The molecule has 0 fully saturated rings. The van der Waals surface area contributed by atoms with E-state index >= 15 is 0 Å². The quantitative estimate of drug-likeness (QED) is 0.793. The number of hydrogen-bond acceptors (Lipinski definition) is 3. The third-order valence-electron chi connectivity index (χ3n) is 3.11. The van der Waals surface area contributed by atoms with Crippen molar-refractivity contribution in [3.8, 4) is 0 Å². The summed E-state index contributed by atoms with van der Waals surface area (Å²) in [4.78, 5) is 13.5. The van der Waals surface area contributed by atoms with Crippen molar-refractivity contribution in [2.45, 2.75) is 12.3 Å². The molecule has 0 aliphatic carbocycles. The number of rotatable bonds is 2. The number of benzene rings is 1. The molecule has 0 saturated carbocycles. The number of para-hydroxylation sites is 1. The average Bonchev–Trinajstić information content (AvgIpc) is 2.40. The molecule has 6 heteroatoms. The van der Waals surface area contributed by atoms with E-state index in [1.807, 2.05) is 0 Å². The summed E-state index contributed by atoms with van der Waals surface area (Å²) >= 11 is 0. The van der Waals surface area contributed by atoms with Crippen molar-refractivity contribution in [2.24, 2.45) is 0 Å². The van der Waals surface area contributed by atoms with Crippen LogP contribution in [0.25, 0.3) is 0 Å². The first-order chi connectivity index (χ1) is 7.76. The molecule has 0 aromatic heterocycles. The van der Waals surface area contributed by atoms with Gasteiger partial charge in [0.1, 0.15) is 0 Å². The fraction of sp³-hybridized carbons (Fsp3) is 0.364. The molecule has 92 valence electrons. The Labute approximate surface area is 99.8 Å². The van der Waals surface area contributed by atoms with Gasteiger partial charge in [-0.15, -0.1) is 0 Å². The van der Waals surface area contributed by atoms with Gasteiger partial charge in [-0.3, -0.25) is 9.35 Å². The molecule has 1 N–H and O–H groups in total. The number of nitrogens with zero attached hydrogens (tertiary/aromatic N) is 1. The Morgan fingerprint density at radius 2 is 1.94 bits per heavy atom. The van der Waals surface area contributed by atoms with Crippen molar-refractivity contribution in [1.29, 1.82) is 0 Å². The Hall–Kier alpha value is -1.40. The Morgan fingerprint density at radius 3 is 2.53 bits per heavy atom. The van der Waals surface area contributed by atoms with Crippen LogP contribution in [0.15, 0.2) is 24.3 Å². The first-order valence-electron chi connectivity index (χ1n) is 5.08. The average molecular weight is 255 g/mol. The molecular weight excluding hydrogens is 242 g/mol. The van der Waals surface area contributed by atoms with E-state index in [1.54, 1.807) is 31.3 Å². The second kappa shape index (κ2) is 3.54. The molecule has 2 rings (SSSR count). The fourth-order valence-electron chi connectivity index (χ4n) is 2.33. The zero-order valence-corrected chi connectivity index (χ0v) is 10.4. The Morgan fingerprint density at radius 1 is 1.35 bits per heavy atom. The maximum Gasteiger partial charge on any atom is 0.266 e. The highest BCUT2D eigenvalue weighted by Crippen LogP contribution is 2.41. The monoisotopic (exact) mass is 255 g/mol. The molecule has 1 amide bonds. The van der Waals surface area contributed by atoms with Crippen molar-refractivity contribution in [1.82, 2.24) is 0 Å². The van der Waals surface area contributed by atoms with Gasteiger partial charge in [0, 0.05) is 12.7 Å². The molecule has 1 aliphatic rings. The highest BCUT2D eigenvalue weighted by Gasteiger charge is 2.48. The zero-order valence-electron chi connectivity index (χ0n) is 9.54. The van der Waals surface area contributed by atoms with Crippen LogP contribution in [0.1, 0.15) is 12.5 Å². The van der Waals surface area contributed by atoms with E-state index in [9.17, 15) is 13.2 Å². The van der Waals surface area contributed by atoms with Gasteiger partial charge in [-0.05, 0) is 18.6 Å². The zero-order chi connectivity index (χ0) is 12.8. The van der Waals surface area contributed by atoms with E-state index in [2.05, 4.69) is 0 Å². The normalized spacial score (nSPS) is 23.9. The SMILES string of the molecule is CN1C(=O)C(C)(CS(=O)(=O)O)c2ccccc21. The van der Waals surface area contributed by atoms with E-state index in [0.29, 0.717) is 11.3 Å². The molecule has 0 bridgehead atoms. The third kappa shape index (κ3) is 1.83. The highest BCUT2D eigenvalue weighted by molar-refractivity contribution is 7.85. The van der Waals surface area contributed by atoms with E-state index in [1.165, 1.54) is 11.8 Å². The van der Waals surface area contributed by atoms with Crippen LogP contribution >= 0.6 is 0 Å². The lowest BCUT2D eigenvalue weighted by Crippen LogP contribution is -2.41. The van der Waals surface area contributed by atoms with E-state index in [0.717, 1.165) is 0 Å². The van der Waals surface area contributed by atoms with E-state index in [-0.39, 0.29) is 5.91 Å². The van der Waals surface area contributed by atoms with Gasteiger partial charge in [0.2, 0.25) is 5.91 Å². The van der Waals surface area contributed by atoms with Crippen LogP contribution in [0.2, 0.25) is 0 Å². The van der Waals surface area contributed by atoms with Crippen LogP contribution in [0.5, 0.6) is 0 Å². The van der Waals surface area contributed by atoms with Crippen molar-refractivity contribution in [3.63, 3.8) is 0 Å². The summed E-state index contributed by atoms with van der Waals surface area (Å²) in [6.07, 6.45) is 0. The largest absolute Gasteiger partial charge is 0.314 e. The molecule has 1 heterocycles. The summed E-state index contributed by atoms with van der Waals surface area (Å²) < 4.78 is 31.1. The van der Waals surface area contributed by atoms with Gasteiger partial charge in [0.05, 0.1) is 11.2 Å². The van der Waals surface area contributed by atoms with Gasteiger partial charge in [-0.2, -0.15) is 8.42 Å². The van der Waals surface area contributed by atoms with Gasteiger partial charge in [0.15, 0.2) is 0 Å². The summed E-state index contributed by atoms with van der Waals surface area (Å²) in [5.41, 5.74) is 0.104. The number of amides is 1. The Bertz CT molecular complexity index is 581.